The minimum atomic E-state index is -2.29. The van der Waals surface area contributed by atoms with Gasteiger partial charge in [-0.1, -0.05) is 18.2 Å². The molecule has 0 N–H and O–H groups in total. The molecule has 0 saturated carbocycles. The Morgan fingerprint density at radius 2 is 2.11 bits per heavy atom. The van der Waals surface area contributed by atoms with Crippen LogP contribution in [0.2, 0.25) is 0 Å². The molecule has 0 amide bonds. The molecule has 0 atom stereocenters. The predicted octanol–water partition coefficient (Wildman–Crippen LogP) is 2.53. The van der Waals surface area contributed by atoms with Crippen molar-refractivity contribution in [2.24, 2.45) is 0 Å². The standard InChI is InChI=1S/C7H8F2/c8-7(9)6-4-2-1-3-5-6/h2,4-5,7H,1,3H2. The summed E-state index contributed by atoms with van der Waals surface area (Å²) in [5, 5.41) is 0. The first-order chi connectivity index (χ1) is 4.30. The minimum Gasteiger partial charge on any atom is -0.205 e. The third kappa shape index (κ3) is 1.63. The highest BCUT2D eigenvalue weighted by Crippen LogP contribution is 2.15. The highest BCUT2D eigenvalue weighted by molar-refractivity contribution is 5.23. The van der Waals surface area contributed by atoms with Crippen LogP contribution >= 0.6 is 0 Å². The monoisotopic (exact) mass is 130 g/mol. The molecular weight excluding hydrogens is 122 g/mol. The van der Waals surface area contributed by atoms with Gasteiger partial charge in [-0.15, -0.1) is 0 Å². The summed E-state index contributed by atoms with van der Waals surface area (Å²) in [6.45, 7) is 0. The third-order valence-electron chi connectivity index (χ3n) is 1.28. The summed E-state index contributed by atoms with van der Waals surface area (Å²) >= 11 is 0. The van der Waals surface area contributed by atoms with E-state index in [4.69, 9.17) is 0 Å². The lowest BCUT2D eigenvalue weighted by Crippen LogP contribution is -1.95. The summed E-state index contributed by atoms with van der Waals surface area (Å²) in [7, 11) is 0. The zero-order valence-corrected chi connectivity index (χ0v) is 4.98. The molecule has 0 unspecified atom stereocenters. The van der Waals surface area contributed by atoms with Crippen molar-refractivity contribution in [2.75, 3.05) is 0 Å². The van der Waals surface area contributed by atoms with Crippen LogP contribution in [0.4, 0.5) is 8.78 Å². The lowest BCUT2D eigenvalue weighted by molar-refractivity contribution is 0.193. The topological polar surface area (TPSA) is 0 Å². The number of allylic oxidation sites excluding steroid dienone is 4. The number of rotatable bonds is 1. The van der Waals surface area contributed by atoms with E-state index < -0.39 is 6.43 Å². The maximum absolute atomic E-state index is 11.8. The average molecular weight is 130 g/mol. The van der Waals surface area contributed by atoms with Gasteiger partial charge >= 0.3 is 0 Å². The molecule has 1 rings (SSSR count). The molecular formula is C7H8F2. The Balaban J connectivity index is 2.58. The summed E-state index contributed by atoms with van der Waals surface area (Å²) in [5.74, 6) is 0. The Labute approximate surface area is 52.9 Å². The van der Waals surface area contributed by atoms with Gasteiger partial charge in [0.15, 0.2) is 0 Å². The number of hydrogen-bond acceptors (Lipinski definition) is 0. The number of alkyl halides is 2. The van der Waals surface area contributed by atoms with Gasteiger partial charge in [0.1, 0.15) is 0 Å². The molecule has 0 saturated heterocycles. The van der Waals surface area contributed by atoms with Crippen LogP contribution in [0.15, 0.2) is 23.8 Å². The van der Waals surface area contributed by atoms with E-state index in [1.165, 1.54) is 6.08 Å². The van der Waals surface area contributed by atoms with Crippen molar-refractivity contribution in [3.8, 4) is 0 Å². The molecule has 0 aromatic rings. The molecule has 1 aliphatic rings. The van der Waals surface area contributed by atoms with E-state index in [0.717, 1.165) is 12.8 Å². The lowest BCUT2D eigenvalue weighted by atomic mass is 10.1. The van der Waals surface area contributed by atoms with Crippen molar-refractivity contribution in [1.82, 2.24) is 0 Å². The second-order valence-electron chi connectivity index (χ2n) is 1.98. The van der Waals surface area contributed by atoms with Gasteiger partial charge in [-0.05, 0) is 12.8 Å². The van der Waals surface area contributed by atoms with Crippen molar-refractivity contribution in [1.29, 1.82) is 0 Å². The van der Waals surface area contributed by atoms with E-state index in [2.05, 4.69) is 0 Å². The molecule has 9 heavy (non-hydrogen) atoms. The molecule has 0 bridgehead atoms. The number of hydrogen-bond donors (Lipinski definition) is 0. The van der Waals surface area contributed by atoms with Gasteiger partial charge in [0.25, 0.3) is 6.43 Å². The Kier molecular flexibility index (Phi) is 1.98. The third-order valence-corrected chi connectivity index (χ3v) is 1.28. The van der Waals surface area contributed by atoms with Crippen molar-refractivity contribution < 1.29 is 8.78 Å². The van der Waals surface area contributed by atoms with Crippen LogP contribution in [-0.4, -0.2) is 6.43 Å². The molecule has 0 fully saturated rings. The van der Waals surface area contributed by atoms with E-state index >= 15 is 0 Å². The second kappa shape index (κ2) is 2.76. The SMILES string of the molecule is FC(F)C1=CCCC=C1. The van der Waals surface area contributed by atoms with Gasteiger partial charge < -0.3 is 0 Å². The Morgan fingerprint density at radius 3 is 2.44 bits per heavy atom. The molecule has 0 aromatic carbocycles. The van der Waals surface area contributed by atoms with Gasteiger partial charge in [-0.2, -0.15) is 0 Å². The Hall–Kier alpha value is -0.660. The zero-order valence-electron chi connectivity index (χ0n) is 4.98. The summed E-state index contributed by atoms with van der Waals surface area (Å²) < 4.78 is 23.6. The molecule has 2 heteroatoms. The van der Waals surface area contributed by atoms with Crippen LogP contribution in [0.25, 0.3) is 0 Å². The molecule has 0 aliphatic heterocycles. The number of halogens is 2. The van der Waals surface area contributed by atoms with Crippen LogP contribution in [0, 0.1) is 0 Å². The van der Waals surface area contributed by atoms with Crippen LogP contribution in [0.1, 0.15) is 12.8 Å². The fourth-order valence-electron chi connectivity index (χ4n) is 0.796. The summed E-state index contributed by atoms with van der Waals surface area (Å²) in [4.78, 5) is 0. The largest absolute Gasteiger partial charge is 0.263 e. The summed E-state index contributed by atoms with van der Waals surface area (Å²) in [6.07, 6.45) is 4.23. The molecule has 0 nitrogen and oxygen atoms in total. The van der Waals surface area contributed by atoms with E-state index in [-0.39, 0.29) is 5.57 Å². The fraction of sp³-hybridized carbons (Fsp3) is 0.429. The maximum atomic E-state index is 11.8. The van der Waals surface area contributed by atoms with E-state index in [1.807, 2.05) is 0 Å². The molecule has 0 radical (unpaired) electrons. The quantitative estimate of drug-likeness (QED) is 0.511. The van der Waals surface area contributed by atoms with E-state index in [0.29, 0.717) is 0 Å². The van der Waals surface area contributed by atoms with Crippen molar-refractivity contribution in [2.45, 2.75) is 19.3 Å². The van der Waals surface area contributed by atoms with Crippen LogP contribution in [-0.2, 0) is 0 Å². The summed E-state index contributed by atoms with van der Waals surface area (Å²) in [6, 6.07) is 0. The van der Waals surface area contributed by atoms with E-state index in [9.17, 15) is 8.78 Å². The predicted molar refractivity (Wildman–Crippen MR) is 32.5 cm³/mol. The van der Waals surface area contributed by atoms with Crippen molar-refractivity contribution in [3.05, 3.63) is 23.8 Å². The van der Waals surface area contributed by atoms with E-state index in [1.54, 1.807) is 12.2 Å². The second-order valence-corrected chi connectivity index (χ2v) is 1.98. The smallest absolute Gasteiger partial charge is 0.205 e. The zero-order chi connectivity index (χ0) is 6.69. The highest BCUT2D eigenvalue weighted by atomic mass is 19.3. The molecule has 50 valence electrons. The molecule has 0 spiro atoms. The Morgan fingerprint density at radius 1 is 1.33 bits per heavy atom. The molecule has 1 aliphatic carbocycles. The lowest BCUT2D eigenvalue weighted by Gasteiger charge is -2.03. The van der Waals surface area contributed by atoms with Gasteiger partial charge in [0, 0.05) is 5.57 Å². The minimum absolute atomic E-state index is 0.168. The van der Waals surface area contributed by atoms with Gasteiger partial charge in [0.05, 0.1) is 0 Å². The van der Waals surface area contributed by atoms with Gasteiger partial charge in [0.2, 0.25) is 0 Å². The first kappa shape index (κ1) is 6.46. The highest BCUT2D eigenvalue weighted by Gasteiger charge is 2.07. The molecule has 0 heterocycles. The van der Waals surface area contributed by atoms with Gasteiger partial charge in [-0.25, -0.2) is 8.78 Å². The first-order valence-corrected chi connectivity index (χ1v) is 2.95. The van der Waals surface area contributed by atoms with Crippen LogP contribution in [0.3, 0.4) is 0 Å². The van der Waals surface area contributed by atoms with Crippen LogP contribution < -0.4 is 0 Å². The summed E-state index contributed by atoms with van der Waals surface area (Å²) in [5.41, 5.74) is 0.168. The average Bonchev–Trinajstić information content (AvgIpc) is 1.90. The first-order valence-electron chi connectivity index (χ1n) is 2.95. The molecule has 0 aromatic heterocycles. The normalized spacial score (nSPS) is 18.3. The van der Waals surface area contributed by atoms with Gasteiger partial charge in [-0.3, -0.25) is 0 Å². The maximum Gasteiger partial charge on any atom is 0.263 e. The van der Waals surface area contributed by atoms with Crippen molar-refractivity contribution >= 4 is 0 Å². The fourth-order valence-corrected chi connectivity index (χ4v) is 0.796. The Bertz CT molecular complexity index is 145. The van der Waals surface area contributed by atoms with Crippen molar-refractivity contribution in [3.63, 3.8) is 0 Å². The van der Waals surface area contributed by atoms with Crippen LogP contribution in [0.5, 0.6) is 0 Å².